The molecular weight excluding hydrogens is 270 g/mol. The van der Waals surface area contributed by atoms with Crippen molar-refractivity contribution in [1.29, 1.82) is 0 Å². The predicted octanol–water partition coefficient (Wildman–Crippen LogP) is 1.91. The lowest BCUT2D eigenvalue weighted by Crippen LogP contribution is -2.10. The molecule has 0 spiro atoms. The first-order valence-corrected chi connectivity index (χ1v) is 6.27. The Morgan fingerprint density at radius 1 is 1.24 bits per heavy atom. The number of rotatable bonds is 4. The molecule has 0 radical (unpaired) electrons. The van der Waals surface area contributed by atoms with Crippen molar-refractivity contribution in [2.45, 2.75) is 0 Å². The summed E-state index contributed by atoms with van der Waals surface area (Å²) in [5.41, 5.74) is 1.11. The molecule has 1 aromatic carbocycles. The molecule has 2 heterocycles. The van der Waals surface area contributed by atoms with E-state index in [9.17, 15) is 4.79 Å². The van der Waals surface area contributed by atoms with Crippen LogP contribution in [0.15, 0.2) is 47.4 Å². The smallest absolute Gasteiger partial charge is 0.252 e. The molecule has 3 N–H and O–H groups in total. The van der Waals surface area contributed by atoms with E-state index in [0.29, 0.717) is 23.2 Å². The van der Waals surface area contributed by atoms with Crippen molar-refractivity contribution in [1.82, 2.24) is 20.2 Å². The van der Waals surface area contributed by atoms with Crippen LogP contribution in [-0.2, 0) is 0 Å². The summed E-state index contributed by atoms with van der Waals surface area (Å²) in [6, 6.07) is 10.5. The molecule has 0 fully saturated rings. The van der Waals surface area contributed by atoms with Gasteiger partial charge in [0.2, 0.25) is 5.95 Å². The van der Waals surface area contributed by atoms with Crippen molar-refractivity contribution in [3.05, 3.63) is 52.9 Å². The second-order valence-electron chi connectivity index (χ2n) is 4.31. The lowest BCUT2D eigenvalue weighted by Gasteiger charge is -2.06. The van der Waals surface area contributed by atoms with Crippen molar-refractivity contribution in [3.63, 3.8) is 0 Å². The summed E-state index contributed by atoms with van der Waals surface area (Å²) in [5, 5.41) is 9.51. The molecule has 0 amide bonds. The van der Waals surface area contributed by atoms with Crippen LogP contribution in [0.5, 0.6) is 5.75 Å². The van der Waals surface area contributed by atoms with Gasteiger partial charge in [0.25, 0.3) is 5.56 Å². The van der Waals surface area contributed by atoms with Gasteiger partial charge in [0, 0.05) is 17.7 Å². The molecule has 0 saturated heterocycles. The molecule has 0 saturated carbocycles. The normalized spacial score (nSPS) is 10.3. The molecule has 0 aliphatic rings. The van der Waals surface area contributed by atoms with Crippen LogP contribution < -0.4 is 15.6 Å². The molecule has 0 unspecified atom stereocenters. The van der Waals surface area contributed by atoms with E-state index in [1.807, 2.05) is 24.3 Å². The largest absolute Gasteiger partial charge is 0.497 e. The maximum atomic E-state index is 11.8. The number of hydrogen-bond donors (Lipinski definition) is 3. The Labute approximate surface area is 120 Å². The summed E-state index contributed by atoms with van der Waals surface area (Å²) in [4.78, 5) is 18.8. The number of methoxy groups -OCH3 is 1. The van der Waals surface area contributed by atoms with Gasteiger partial charge in [-0.25, -0.2) is 4.98 Å². The number of nitrogens with zero attached hydrogens (tertiary/aromatic N) is 2. The predicted molar refractivity (Wildman–Crippen MR) is 78.7 cm³/mol. The van der Waals surface area contributed by atoms with Crippen LogP contribution in [0.2, 0.25) is 0 Å². The molecule has 0 bridgehead atoms. The van der Waals surface area contributed by atoms with Crippen molar-refractivity contribution in [3.8, 4) is 17.0 Å². The third kappa shape index (κ3) is 2.92. The quantitative estimate of drug-likeness (QED) is 0.679. The van der Waals surface area contributed by atoms with Gasteiger partial charge in [0.15, 0.2) is 0 Å². The molecular formula is C14H13N5O2. The maximum Gasteiger partial charge on any atom is 0.252 e. The fourth-order valence-electron chi connectivity index (χ4n) is 1.90. The summed E-state index contributed by atoms with van der Waals surface area (Å²) >= 11 is 0. The summed E-state index contributed by atoms with van der Waals surface area (Å²) in [6.07, 6.45) is 1.60. The minimum Gasteiger partial charge on any atom is -0.497 e. The van der Waals surface area contributed by atoms with E-state index in [0.717, 1.165) is 5.56 Å². The Hall–Kier alpha value is -3.09. The van der Waals surface area contributed by atoms with Crippen molar-refractivity contribution >= 4 is 11.8 Å². The Morgan fingerprint density at radius 2 is 2.14 bits per heavy atom. The second kappa shape index (κ2) is 5.49. The van der Waals surface area contributed by atoms with Crippen LogP contribution in [0.25, 0.3) is 11.3 Å². The summed E-state index contributed by atoms with van der Waals surface area (Å²) in [7, 11) is 1.59. The molecule has 7 heteroatoms. The summed E-state index contributed by atoms with van der Waals surface area (Å²) in [6.45, 7) is 0. The number of ether oxygens (including phenoxy) is 1. The average Bonchev–Trinajstić information content (AvgIpc) is 2.99. The zero-order valence-electron chi connectivity index (χ0n) is 11.3. The summed E-state index contributed by atoms with van der Waals surface area (Å²) in [5.74, 6) is 1.68. The van der Waals surface area contributed by atoms with Gasteiger partial charge in [-0.2, -0.15) is 5.10 Å². The van der Waals surface area contributed by atoms with Crippen LogP contribution in [0.3, 0.4) is 0 Å². The van der Waals surface area contributed by atoms with Crippen LogP contribution in [0, 0.1) is 0 Å². The minimum atomic E-state index is -0.246. The zero-order chi connectivity index (χ0) is 14.7. The van der Waals surface area contributed by atoms with Gasteiger partial charge >= 0.3 is 0 Å². The Morgan fingerprint density at radius 3 is 2.90 bits per heavy atom. The first-order chi connectivity index (χ1) is 10.2. The zero-order valence-corrected chi connectivity index (χ0v) is 11.3. The van der Waals surface area contributed by atoms with E-state index >= 15 is 0 Å². The van der Waals surface area contributed by atoms with Crippen molar-refractivity contribution in [2.24, 2.45) is 0 Å². The van der Waals surface area contributed by atoms with E-state index in [2.05, 4.69) is 25.5 Å². The summed E-state index contributed by atoms with van der Waals surface area (Å²) < 4.78 is 5.18. The number of nitrogens with one attached hydrogen (secondary N) is 3. The lowest BCUT2D eigenvalue weighted by atomic mass is 10.1. The third-order valence-electron chi connectivity index (χ3n) is 2.86. The fourth-order valence-corrected chi connectivity index (χ4v) is 1.90. The van der Waals surface area contributed by atoms with E-state index in [4.69, 9.17) is 4.74 Å². The topological polar surface area (TPSA) is 95.7 Å². The van der Waals surface area contributed by atoms with E-state index in [1.165, 1.54) is 6.07 Å². The van der Waals surface area contributed by atoms with E-state index in [1.54, 1.807) is 19.4 Å². The second-order valence-corrected chi connectivity index (χ2v) is 4.31. The van der Waals surface area contributed by atoms with E-state index < -0.39 is 0 Å². The van der Waals surface area contributed by atoms with Gasteiger partial charge in [-0.15, -0.1) is 0 Å². The van der Waals surface area contributed by atoms with Gasteiger partial charge in [0.1, 0.15) is 11.6 Å². The van der Waals surface area contributed by atoms with Crippen LogP contribution in [-0.4, -0.2) is 27.3 Å². The SMILES string of the molecule is COc1cccc(-c2cc(=O)[nH]c(Nc3ccn[nH]3)n2)c1. The van der Waals surface area contributed by atoms with Crippen molar-refractivity contribution < 1.29 is 4.74 Å². The van der Waals surface area contributed by atoms with Gasteiger partial charge in [-0.1, -0.05) is 12.1 Å². The number of hydrogen-bond acceptors (Lipinski definition) is 5. The molecule has 3 rings (SSSR count). The standard InChI is InChI=1S/C14H13N5O2/c1-21-10-4-2-3-9(7-10)11-8-13(20)18-14(16-11)17-12-5-6-15-19-12/h2-8H,1H3,(H3,15,16,17,18,19,20). The molecule has 0 aliphatic heterocycles. The Balaban J connectivity index is 1.98. The van der Waals surface area contributed by atoms with Crippen LogP contribution in [0.4, 0.5) is 11.8 Å². The van der Waals surface area contributed by atoms with E-state index in [-0.39, 0.29) is 5.56 Å². The van der Waals surface area contributed by atoms with Gasteiger partial charge in [-0.3, -0.25) is 14.9 Å². The number of H-pyrrole nitrogens is 2. The van der Waals surface area contributed by atoms with Gasteiger partial charge in [0.05, 0.1) is 19.0 Å². The molecule has 0 aliphatic carbocycles. The van der Waals surface area contributed by atoms with Gasteiger partial charge in [-0.05, 0) is 12.1 Å². The Bertz CT molecular complexity index is 795. The van der Waals surface area contributed by atoms with Crippen molar-refractivity contribution in [2.75, 3.05) is 12.4 Å². The molecule has 106 valence electrons. The molecule has 2 aromatic heterocycles. The number of anilines is 2. The highest BCUT2D eigenvalue weighted by molar-refractivity contribution is 5.62. The van der Waals surface area contributed by atoms with Gasteiger partial charge < -0.3 is 10.1 Å². The van der Waals surface area contributed by atoms with Crippen LogP contribution in [0.1, 0.15) is 0 Å². The first kappa shape index (κ1) is 12.9. The van der Waals surface area contributed by atoms with Crippen LogP contribution >= 0.6 is 0 Å². The first-order valence-electron chi connectivity index (χ1n) is 6.27. The fraction of sp³-hybridized carbons (Fsp3) is 0.0714. The molecule has 0 atom stereocenters. The third-order valence-corrected chi connectivity index (χ3v) is 2.86. The highest BCUT2D eigenvalue weighted by atomic mass is 16.5. The molecule has 21 heavy (non-hydrogen) atoms. The number of aromatic nitrogens is 4. The lowest BCUT2D eigenvalue weighted by molar-refractivity contribution is 0.415. The minimum absolute atomic E-state index is 0.246. The highest BCUT2D eigenvalue weighted by Gasteiger charge is 2.06. The monoisotopic (exact) mass is 283 g/mol. The number of benzene rings is 1. The number of aromatic amines is 2. The molecule has 7 nitrogen and oxygen atoms in total. The average molecular weight is 283 g/mol. The highest BCUT2D eigenvalue weighted by Crippen LogP contribution is 2.22. The Kier molecular flexibility index (Phi) is 3.38. The maximum absolute atomic E-state index is 11.8. The molecule has 3 aromatic rings.